The summed E-state index contributed by atoms with van der Waals surface area (Å²) < 4.78 is 27.4. The Morgan fingerprint density at radius 1 is 1.17 bits per heavy atom. The van der Waals surface area contributed by atoms with Crippen LogP contribution < -0.4 is 10.0 Å². The third-order valence-electron chi connectivity index (χ3n) is 4.11. The minimum atomic E-state index is -3.64. The second-order valence-electron chi connectivity index (χ2n) is 5.89. The molecule has 5 nitrogen and oxygen atoms in total. The van der Waals surface area contributed by atoms with Crippen LogP contribution in [0.1, 0.15) is 40.9 Å². The number of amides is 1. The van der Waals surface area contributed by atoms with Gasteiger partial charge in [0.25, 0.3) is 5.91 Å². The van der Waals surface area contributed by atoms with E-state index >= 15 is 0 Å². The van der Waals surface area contributed by atoms with Crippen LogP contribution in [0.2, 0.25) is 0 Å². The van der Waals surface area contributed by atoms with Crippen molar-refractivity contribution in [3.05, 3.63) is 52.2 Å². The average Bonchev–Trinajstić information content (AvgIpc) is 3.27. The molecule has 1 aliphatic carbocycles. The van der Waals surface area contributed by atoms with E-state index < -0.39 is 10.0 Å². The molecule has 1 aromatic heterocycles. The highest BCUT2D eigenvalue weighted by Gasteiger charge is 2.20. The summed E-state index contributed by atoms with van der Waals surface area (Å²) in [5.74, 6) is -0.211. The monoisotopic (exact) mass is 364 g/mol. The molecule has 0 spiro atoms. The molecule has 0 bridgehead atoms. The summed E-state index contributed by atoms with van der Waals surface area (Å²) in [6.07, 6.45) is 4.25. The second-order valence-corrected chi connectivity index (χ2v) is 8.69. The molecule has 24 heavy (non-hydrogen) atoms. The van der Waals surface area contributed by atoms with E-state index in [0.717, 1.165) is 30.6 Å². The van der Waals surface area contributed by atoms with Crippen LogP contribution in [-0.4, -0.2) is 20.4 Å². The van der Waals surface area contributed by atoms with Crippen molar-refractivity contribution in [2.24, 2.45) is 0 Å². The van der Waals surface area contributed by atoms with Crippen molar-refractivity contribution in [3.63, 3.8) is 0 Å². The first-order valence-corrected chi connectivity index (χ1v) is 10.3. The maximum absolute atomic E-state index is 12.4. The topological polar surface area (TPSA) is 75.3 Å². The number of carbonyl (C=O) groups excluding carboxylic acids is 1. The van der Waals surface area contributed by atoms with E-state index in [2.05, 4.69) is 10.0 Å². The van der Waals surface area contributed by atoms with Crippen molar-refractivity contribution in [3.8, 4) is 0 Å². The van der Waals surface area contributed by atoms with Crippen LogP contribution in [0, 0.1) is 0 Å². The molecule has 128 valence electrons. The minimum Gasteiger partial charge on any atom is -0.349 e. The van der Waals surface area contributed by atoms with Crippen molar-refractivity contribution < 1.29 is 13.2 Å². The quantitative estimate of drug-likeness (QED) is 0.827. The molecule has 0 atom stereocenters. The summed E-state index contributed by atoms with van der Waals surface area (Å²) in [6, 6.07) is 10.1. The molecule has 1 fully saturated rings. The fraction of sp³-hybridized carbons (Fsp3) is 0.353. The van der Waals surface area contributed by atoms with Gasteiger partial charge in [0.15, 0.2) is 0 Å². The molecule has 0 radical (unpaired) electrons. The lowest BCUT2D eigenvalue weighted by Gasteiger charge is -2.12. The third kappa shape index (κ3) is 4.23. The lowest BCUT2D eigenvalue weighted by Crippen LogP contribution is -2.32. The van der Waals surface area contributed by atoms with Crippen molar-refractivity contribution in [1.82, 2.24) is 10.0 Å². The van der Waals surface area contributed by atoms with Crippen LogP contribution >= 0.6 is 11.3 Å². The van der Waals surface area contributed by atoms with E-state index in [9.17, 15) is 13.2 Å². The van der Waals surface area contributed by atoms with Gasteiger partial charge in [0.1, 0.15) is 0 Å². The van der Waals surface area contributed by atoms with Gasteiger partial charge >= 0.3 is 0 Å². The summed E-state index contributed by atoms with van der Waals surface area (Å²) in [5.41, 5.74) is 0.376. The zero-order chi connectivity index (χ0) is 17.0. The van der Waals surface area contributed by atoms with Crippen LogP contribution in [0.4, 0.5) is 0 Å². The number of hydrogen-bond donors (Lipinski definition) is 2. The van der Waals surface area contributed by atoms with Gasteiger partial charge in [-0.1, -0.05) is 25.0 Å². The standard InChI is InChI=1S/C17H20N2O3S2/c20-17(19-14-6-1-2-7-14)13-5-3-9-16(11-13)24(21,22)18-12-15-8-4-10-23-15/h3-5,8-11,14,18H,1-2,6-7,12H2,(H,19,20). The average molecular weight is 364 g/mol. The van der Waals surface area contributed by atoms with Gasteiger partial charge in [-0.05, 0) is 42.5 Å². The highest BCUT2D eigenvalue weighted by Crippen LogP contribution is 2.19. The van der Waals surface area contributed by atoms with E-state index in [1.807, 2.05) is 17.5 Å². The molecule has 1 aliphatic rings. The largest absolute Gasteiger partial charge is 0.349 e. The SMILES string of the molecule is O=C(NC1CCCC1)c1cccc(S(=O)(=O)NCc2cccs2)c1. The highest BCUT2D eigenvalue weighted by atomic mass is 32.2. The van der Waals surface area contributed by atoms with Crippen LogP contribution in [0.3, 0.4) is 0 Å². The van der Waals surface area contributed by atoms with Gasteiger partial charge in [0, 0.05) is 23.0 Å². The number of carbonyl (C=O) groups is 1. The smallest absolute Gasteiger partial charge is 0.251 e. The van der Waals surface area contributed by atoms with Crippen molar-refractivity contribution >= 4 is 27.3 Å². The van der Waals surface area contributed by atoms with Crippen molar-refractivity contribution in [2.45, 2.75) is 43.2 Å². The number of nitrogens with one attached hydrogen (secondary N) is 2. The molecule has 3 rings (SSSR count). The Morgan fingerprint density at radius 3 is 2.67 bits per heavy atom. The summed E-state index contributed by atoms with van der Waals surface area (Å²) in [6.45, 7) is 0.249. The molecule has 2 aromatic rings. The second kappa shape index (κ2) is 7.46. The predicted octanol–water partition coefficient (Wildman–Crippen LogP) is 2.90. The Morgan fingerprint density at radius 2 is 1.96 bits per heavy atom. The Bertz CT molecular complexity index is 795. The van der Waals surface area contributed by atoms with Gasteiger partial charge < -0.3 is 5.32 Å². The third-order valence-corrected chi connectivity index (χ3v) is 6.39. The van der Waals surface area contributed by atoms with Gasteiger partial charge in [0.05, 0.1) is 4.90 Å². The molecule has 0 unspecified atom stereocenters. The molecule has 0 aliphatic heterocycles. The summed E-state index contributed by atoms with van der Waals surface area (Å²) in [5, 5.41) is 4.88. The molecular formula is C17H20N2O3S2. The molecule has 0 saturated heterocycles. The highest BCUT2D eigenvalue weighted by molar-refractivity contribution is 7.89. The minimum absolute atomic E-state index is 0.109. The number of benzene rings is 1. The first-order valence-electron chi connectivity index (χ1n) is 7.97. The van der Waals surface area contributed by atoms with Gasteiger partial charge in [-0.25, -0.2) is 13.1 Å². The van der Waals surface area contributed by atoms with Crippen LogP contribution in [0.5, 0.6) is 0 Å². The number of rotatable bonds is 6. The first-order chi connectivity index (χ1) is 11.5. The summed E-state index contributed by atoms with van der Waals surface area (Å²) >= 11 is 1.49. The number of sulfonamides is 1. The van der Waals surface area contributed by atoms with E-state index in [0.29, 0.717) is 5.56 Å². The lowest BCUT2D eigenvalue weighted by molar-refractivity contribution is 0.0937. The maximum atomic E-state index is 12.4. The summed E-state index contributed by atoms with van der Waals surface area (Å²) in [4.78, 5) is 13.3. The van der Waals surface area contributed by atoms with E-state index in [4.69, 9.17) is 0 Å². The number of thiophene rings is 1. The summed E-state index contributed by atoms with van der Waals surface area (Å²) in [7, 11) is -3.64. The van der Waals surface area contributed by atoms with Gasteiger partial charge in [-0.2, -0.15) is 0 Å². The van der Waals surface area contributed by atoms with Crippen molar-refractivity contribution in [1.29, 1.82) is 0 Å². The molecule has 1 aromatic carbocycles. The fourth-order valence-corrected chi connectivity index (χ4v) is 4.59. The number of hydrogen-bond acceptors (Lipinski definition) is 4. The zero-order valence-corrected chi connectivity index (χ0v) is 14.8. The van der Waals surface area contributed by atoms with Crippen LogP contribution in [0.25, 0.3) is 0 Å². The van der Waals surface area contributed by atoms with E-state index in [1.54, 1.807) is 12.1 Å². The van der Waals surface area contributed by atoms with Gasteiger partial charge in [-0.15, -0.1) is 11.3 Å². The van der Waals surface area contributed by atoms with Gasteiger partial charge in [-0.3, -0.25) is 4.79 Å². The molecule has 1 saturated carbocycles. The van der Waals surface area contributed by atoms with Crippen molar-refractivity contribution in [2.75, 3.05) is 0 Å². The lowest BCUT2D eigenvalue weighted by atomic mass is 10.2. The first kappa shape index (κ1) is 17.1. The zero-order valence-electron chi connectivity index (χ0n) is 13.2. The molecule has 2 N–H and O–H groups in total. The Hall–Kier alpha value is -1.70. The predicted molar refractivity (Wildman–Crippen MR) is 94.5 cm³/mol. The molecule has 1 heterocycles. The fourth-order valence-electron chi connectivity index (χ4n) is 2.81. The Kier molecular flexibility index (Phi) is 5.33. The van der Waals surface area contributed by atoms with E-state index in [1.165, 1.54) is 23.5 Å². The van der Waals surface area contributed by atoms with Crippen LogP contribution in [-0.2, 0) is 16.6 Å². The van der Waals surface area contributed by atoms with E-state index in [-0.39, 0.29) is 23.4 Å². The maximum Gasteiger partial charge on any atom is 0.251 e. The van der Waals surface area contributed by atoms with Gasteiger partial charge in [0.2, 0.25) is 10.0 Å². The molecule has 7 heteroatoms. The Balaban J connectivity index is 1.70. The normalized spacial score (nSPS) is 15.5. The Labute approximate surface area is 146 Å². The molecular weight excluding hydrogens is 344 g/mol. The van der Waals surface area contributed by atoms with Crippen LogP contribution in [0.15, 0.2) is 46.7 Å². The molecule has 1 amide bonds.